The van der Waals surface area contributed by atoms with Crippen LogP contribution < -0.4 is 0 Å². The van der Waals surface area contributed by atoms with E-state index in [1.807, 2.05) is 0 Å². The summed E-state index contributed by atoms with van der Waals surface area (Å²) in [5.74, 6) is -0.538. The number of hydrogen-bond acceptors (Lipinski definition) is 3. The minimum atomic E-state index is -4.32. The molecular formula is C11H11F3O2S. The molecule has 2 nitrogen and oxygen atoms in total. The Bertz CT molecular complexity index is 385. The van der Waals surface area contributed by atoms with Crippen LogP contribution in [0.25, 0.3) is 0 Å². The van der Waals surface area contributed by atoms with Crippen molar-refractivity contribution >= 4 is 17.7 Å². The smallest absolute Gasteiger partial charge is 0.446 e. The predicted molar refractivity (Wildman–Crippen MR) is 58.9 cm³/mol. The second kappa shape index (κ2) is 5.44. The van der Waals surface area contributed by atoms with Crippen molar-refractivity contribution in [2.24, 2.45) is 0 Å². The van der Waals surface area contributed by atoms with Gasteiger partial charge in [-0.2, -0.15) is 13.2 Å². The zero-order chi connectivity index (χ0) is 13.1. The average molecular weight is 264 g/mol. The first-order chi connectivity index (χ1) is 7.78. The number of alkyl halides is 3. The van der Waals surface area contributed by atoms with E-state index in [4.69, 9.17) is 4.74 Å². The van der Waals surface area contributed by atoms with Gasteiger partial charge in [0.05, 0.1) is 11.7 Å². The fourth-order valence-electron chi connectivity index (χ4n) is 1.07. The maximum Gasteiger partial charge on any atom is 0.446 e. The number of carbonyl (C=O) groups is 1. The largest absolute Gasteiger partial charge is 0.459 e. The van der Waals surface area contributed by atoms with E-state index >= 15 is 0 Å². The topological polar surface area (TPSA) is 26.3 Å². The van der Waals surface area contributed by atoms with Crippen LogP contribution in [0, 0.1) is 0 Å². The van der Waals surface area contributed by atoms with Gasteiger partial charge in [-0.05, 0) is 49.9 Å². The Kier molecular flexibility index (Phi) is 4.45. The number of benzene rings is 1. The van der Waals surface area contributed by atoms with Crippen LogP contribution in [0.3, 0.4) is 0 Å². The third-order valence-corrected chi connectivity index (χ3v) is 2.41. The third-order valence-electron chi connectivity index (χ3n) is 1.67. The summed E-state index contributed by atoms with van der Waals surface area (Å²) in [6.07, 6.45) is -0.258. The van der Waals surface area contributed by atoms with Gasteiger partial charge in [-0.15, -0.1) is 0 Å². The van der Waals surface area contributed by atoms with Crippen LogP contribution in [0.5, 0.6) is 0 Å². The first-order valence-corrected chi connectivity index (χ1v) is 5.66. The quantitative estimate of drug-likeness (QED) is 0.612. The number of carbonyl (C=O) groups excluding carboxylic acids is 1. The van der Waals surface area contributed by atoms with Crippen molar-refractivity contribution in [1.82, 2.24) is 0 Å². The molecule has 0 spiro atoms. The molecule has 0 aliphatic heterocycles. The van der Waals surface area contributed by atoms with E-state index in [1.54, 1.807) is 13.8 Å². The summed E-state index contributed by atoms with van der Waals surface area (Å²) in [6.45, 7) is 3.40. The zero-order valence-electron chi connectivity index (χ0n) is 9.25. The number of hydrogen-bond donors (Lipinski definition) is 0. The Morgan fingerprint density at radius 1 is 1.24 bits per heavy atom. The standard InChI is InChI=1S/C11H11F3O2S/c1-7(2)16-10(15)8-3-5-9(6-4-8)17-11(12,13)14/h3-7H,1-2H3. The summed E-state index contributed by atoms with van der Waals surface area (Å²) < 4.78 is 41.0. The molecule has 17 heavy (non-hydrogen) atoms. The summed E-state index contributed by atoms with van der Waals surface area (Å²) in [7, 11) is 0. The third kappa shape index (κ3) is 5.12. The van der Waals surface area contributed by atoms with Gasteiger partial charge in [0.1, 0.15) is 0 Å². The minimum Gasteiger partial charge on any atom is -0.459 e. The van der Waals surface area contributed by atoms with Crippen LogP contribution >= 0.6 is 11.8 Å². The second-order valence-corrected chi connectivity index (χ2v) is 4.66. The summed E-state index contributed by atoms with van der Waals surface area (Å²) in [4.78, 5) is 11.4. The Balaban J connectivity index is 2.71. The van der Waals surface area contributed by atoms with Crippen molar-refractivity contribution in [3.8, 4) is 0 Å². The van der Waals surface area contributed by atoms with Gasteiger partial charge in [0.15, 0.2) is 0 Å². The minimum absolute atomic E-state index is 0.0404. The number of esters is 1. The SMILES string of the molecule is CC(C)OC(=O)c1ccc(SC(F)(F)F)cc1. The fourth-order valence-corrected chi connectivity index (χ4v) is 1.61. The highest BCUT2D eigenvalue weighted by molar-refractivity contribution is 8.00. The fraction of sp³-hybridized carbons (Fsp3) is 0.364. The molecule has 0 aliphatic rings. The van der Waals surface area contributed by atoms with Gasteiger partial charge in [-0.3, -0.25) is 0 Å². The van der Waals surface area contributed by atoms with E-state index in [2.05, 4.69) is 0 Å². The van der Waals surface area contributed by atoms with Gasteiger partial charge < -0.3 is 4.74 Å². The van der Waals surface area contributed by atoms with Crippen LogP contribution in [0.2, 0.25) is 0 Å². The van der Waals surface area contributed by atoms with Gasteiger partial charge in [0.2, 0.25) is 0 Å². The summed E-state index contributed by atoms with van der Waals surface area (Å²) in [5, 5.41) is 0. The first-order valence-electron chi connectivity index (χ1n) is 4.85. The van der Waals surface area contributed by atoms with Gasteiger partial charge in [-0.1, -0.05) is 0 Å². The number of thioether (sulfide) groups is 1. The number of halogens is 3. The summed E-state index contributed by atoms with van der Waals surface area (Å²) >= 11 is -0.217. The van der Waals surface area contributed by atoms with Gasteiger partial charge >= 0.3 is 11.5 Å². The average Bonchev–Trinajstić information content (AvgIpc) is 2.15. The van der Waals surface area contributed by atoms with E-state index in [0.29, 0.717) is 0 Å². The molecule has 0 atom stereocenters. The molecule has 0 amide bonds. The molecular weight excluding hydrogens is 253 g/mol. The Morgan fingerprint density at radius 2 is 1.76 bits per heavy atom. The number of rotatable bonds is 3. The molecule has 6 heteroatoms. The highest BCUT2D eigenvalue weighted by Crippen LogP contribution is 2.36. The zero-order valence-corrected chi connectivity index (χ0v) is 10.1. The lowest BCUT2D eigenvalue weighted by atomic mass is 10.2. The predicted octanol–water partition coefficient (Wildman–Crippen LogP) is 3.86. The highest BCUT2D eigenvalue weighted by Gasteiger charge is 2.29. The van der Waals surface area contributed by atoms with E-state index in [-0.39, 0.29) is 28.3 Å². The molecule has 0 aliphatic carbocycles. The number of ether oxygens (including phenoxy) is 1. The van der Waals surface area contributed by atoms with Crippen LogP contribution in [0.1, 0.15) is 24.2 Å². The molecule has 0 fully saturated rings. The first kappa shape index (κ1) is 13.9. The lowest BCUT2D eigenvalue weighted by Gasteiger charge is -2.08. The molecule has 0 heterocycles. The Labute approximate surface area is 101 Å². The molecule has 1 aromatic carbocycles. The van der Waals surface area contributed by atoms with Crippen LogP contribution in [0.4, 0.5) is 13.2 Å². The molecule has 1 rings (SSSR count). The maximum absolute atomic E-state index is 12.0. The van der Waals surface area contributed by atoms with Crippen molar-refractivity contribution in [2.75, 3.05) is 0 Å². The van der Waals surface area contributed by atoms with Crippen LogP contribution in [-0.2, 0) is 4.74 Å². The molecule has 0 radical (unpaired) electrons. The van der Waals surface area contributed by atoms with Crippen molar-refractivity contribution in [1.29, 1.82) is 0 Å². The molecule has 0 bridgehead atoms. The van der Waals surface area contributed by atoms with Crippen LogP contribution in [0.15, 0.2) is 29.2 Å². The molecule has 0 saturated carbocycles. The van der Waals surface area contributed by atoms with Gasteiger partial charge in [-0.25, -0.2) is 4.79 Å². The van der Waals surface area contributed by atoms with Crippen molar-refractivity contribution < 1.29 is 22.7 Å². The maximum atomic E-state index is 12.0. The highest BCUT2D eigenvalue weighted by atomic mass is 32.2. The molecule has 0 unspecified atom stereocenters. The monoisotopic (exact) mass is 264 g/mol. The lowest BCUT2D eigenvalue weighted by molar-refractivity contribution is -0.0328. The van der Waals surface area contributed by atoms with Gasteiger partial charge in [0.25, 0.3) is 0 Å². The van der Waals surface area contributed by atoms with Crippen molar-refractivity contribution in [3.63, 3.8) is 0 Å². The summed E-state index contributed by atoms with van der Waals surface area (Å²) in [5.41, 5.74) is -4.08. The van der Waals surface area contributed by atoms with E-state index in [0.717, 1.165) is 0 Å². The molecule has 94 valence electrons. The van der Waals surface area contributed by atoms with Gasteiger partial charge in [0, 0.05) is 4.90 Å². The van der Waals surface area contributed by atoms with Crippen molar-refractivity contribution in [2.45, 2.75) is 30.4 Å². The Morgan fingerprint density at radius 3 is 2.18 bits per heavy atom. The summed E-state index contributed by atoms with van der Waals surface area (Å²) in [6, 6.07) is 5.13. The van der Waals surface area contributed by atoms with Crippen molar-refractivity contribution in [3.05, 3.63) is 29.8 Å². The lowest BCUT2D eigenvalue weighted by Crippen LogP contribution is -2.11. The Hall–Kier alpha value is -1.17. The van der Waals surface area contributed by atoms with Crippen LogP contribution in [-0.4, -0.2) is 17.6 Å². The van der Waals surface area contributed by atoms with E-state index in [1.165, 1.54) is 24.3 Å². The van der Waals surface area contributed by atoms with E-state index < -0.39 is 11.5 Å². The second-order valence-electron chi connectivity index (χ2n) is 3.53. The molecule has 0 N–H and O–H groups in total. The molecule has 0 saturated heterocycles. The van der Waals surface area contributed by atoms with E-state index in [9.17, 15) is 18.0 Å². The normalized spacial score (nSPS) is 11.6. The molecule has 1 aromatic rings. The molecule has 0 aromatic heterocycles.